The van der Waals surface area contributed by atoms with Crippen LogP contribution in [0.15, 0.2) is 57.9 Å². The number of hydrogen-bond donors (Lipinski definition) is 1. The molecular weight excluding hydrogens is 394 g/mol. The number of benzene rings is 2. The molecule has 3 nitrogen and oxygen atoms in total. The van der Waals surface area contributed by atoms with Crippen LogP contribution in [-0.2, 0) is 11.4 Å². The van der Waals surface area contributed by atoms with E-state index in [-0.39, 0.29) is 5.91 Å². The van der Waals surface area contributed by atoms with Gasteiger partial charge in [-0.05, 0) is 41.5 Å². The summed E-state index contributed by atoms with van der Waals surface area (Å²) in [6, 6.07) is 15.6. The molecule has 2 aromatic carbocycles. The van der Waals surface area contributed by atoms with Gasteiger partial charge in [0.25, 0.3) is 5.91 Å². The predicted octanol–water partition coefficient (Wildman–Crippen LogP) is 4.52. The van der Waals surface area contributed by atoms with E-state index in [0.29, 0.717) is 15.8 Å². The fourth-order valence-electron chi connectivity index (χ4n) is 1.98. The largest absolute Gasteiger partial charge is 0.489 e. The molecule has 1 N–H and O–H groups in total. The Kier molecular flexibility index (Phi) is 5.15. The lowest BCUT2D eigenvalue weighted by atomic mass is 10.2. The summed E-state index contributed by atoms with van der Waals surface area (Å²) in [5.74, 6) is 0.643. The van der Waals surface area contributed by atoms with Crippen LogP contribution in [0, 0.1) is 0 Å². The highest BCUT2D eigenvalue weighted by Crippen LogP contribution is 2.26. The van der Waals surface area contributed by atoms with Crippen LogP contribution in [0.25, 0.3) is 6.08 Å². The molecule has 1 aliphatic rings. The number of thioether (sulfide) groups is 1. The smallest absolute Gasteiger partial charge is 0.263 e. The Morgan fingerprint density at radius 2 is 1.83 bits per heavy atom. The van der Waals surface area contributed by atoms with Gasteiger partial charge in [-0.3, -0.25) is 4.79 Å². The maximum Gasteiger partial charge on any atom is 0.263 e. The van der Waals surface area contributed by atoms with Crippen LogP contribution in [0.1, 0.15) is 11.1 Å². The first-order valence-corrected chi connectivity index (χ1v) is 8.84. The standard InChI is InChI=1S/C17H12BrNO2S2/c18-13-5-1-12(2-6-13)10-21-14-7-3-11(4-8-14)9-15-16(20)19-17(22)23-15/h1-9H,10H2,(H,19,20,22)/b15-9-. The molecule has 1 aliphatic heterocycles. The van der Waals surface area contributed by atoms with Crippen molar-refractivity contribution >= 4 is 56.2 Å². The monoisotopic (exact) mass is 405 g/mol. The van der Waals surface area contributed by atoms with Gasteiger partial charge in [-0.15, -0.1) is 0 Å². The molecule has 0 unspecified atom stereocenters. The molecule has 6 heteroatoms. The number of rotatable bonds is 4. The zero-order valence-corrected chi connectivity index (χ0v) is 15.1. The molecule has 0 atom stereocenters. The van der Waals surface area contributed by atoms with Gasteiger partial charge < -0.3 is 10.1 Å². The zero-order valence-electron chi connectivity index (χ0n) is 11.9. The van der Waals surface area contributed by atoms with Crippen molar-refractivity contribution in [2.45, 2.75) is 6.61 Å². The van der Waals surface area contributed by atoms with Gasteiger partial charge in [0.05, 0.1) is 4.91 Å². The summed E-state index contributed by atoms with van der Waals surface area (Å²) < 4.78 is 7.30. The summed E-state index contributed by atoms with van der Waals surface area (Å²) in [7, 11) is 0. The Bertz CT molecular complexity index is 770. The molecule has 1 saturated heterocycles. The SMILES string of the molecule is O=C1NC(=S)S/C1=C\c1ccc(OCc2ccc(Br)cc2)cc1. The van der Waals surface area contributed by atoms with Crippen molar-refractivity contribution in [3.63, 3.8) is 0 Å². The third-order valence-corrected chi connectivity index (χ3v) is 4.83. The highest BCUT2D eigenvalue weighted by Gasteiger charge is 2.21. The maximum absolute atomic E-state index is 11.6. The molecule has 0 radical (unpaired) electrons. The Balaban J connectivity index is 1.63. The first-order valence-electron chi connectivity index (χ1n) is 6.82. The van der Waals surface area contributed by atoms with Gasteiger partial charge in [-0.1, -0.05) is 64.2 Å². The van der Waals surface area contributed by atoms with Crippen molar-refractivity contribution in [3.8, 4) is 5.75 Å². The Morgan fingerprint density at radius 3 is 2.43 bits per heavy atom. The highest BCUT2D eigenvalue weighted by molar-refractivity contribution is 9.10. The minimum atomic E-state index is -0.143. The van der Waals surface area contributed by atoms with Gasteiger partial charge in [0.2, 0.25) is 0 Å². The van der Waals surface area contributed by atoms with E-state index in [1.54, 1.807) is 0 Å². The molecule has 0 aliphatic carbocycles. The molecule has 116 valence electrons. The molecule has 2 aromatic rings. The Morgan fingerprint density at radius 1 is 1.13 bits per heavy atom. The lowest BCUT2D eigenvalue weighted by Crippen LogP contribution is -2.17. The molecule has 0 spiro atoms. The van der Waals surface area contributed by atoms with Gasteiger partial charge in [0.1, 0.15) is 16.7 Å². The second kappa shape index (κ2) is 7.29. The van der Waals surface area contributed by atoms with E-state index in [1.807, 2.05) is 54.6 Å². The van der Waals surface area contributed by atoms with Crippen molar-refractivity contribution in [2.75, 3.05) is 0 Å². The molecule has 0 saturated carbocycles. The minimum absolute atomic E-state index is 0.143. The number of nitrogens with one attached hydrogen (secondary N) is 1. The van der Waals surface area contributed by atoms with Crippen molar-refractivity contribution in [3.05, 3.63) is 69.0 Å². The van der Waals surface area contributed by atoms with Gasteiger partial charge in [-0.2, -0.15) is 0 Å². The third kappa shape index (κ3) is 4.43. The number of hydrogen-bond acceptors (Lipinski definition) is 4. The van der Waals surface area contributed by atoms with Gasteiger partial charge >= 0.3 is 0 Å². The van der Waals surface area contributed by atoms with E-state index in [4.69, 9.17) is 17.0 Å². The first kappa shape index (κ1) is 16.2. The summed E-state index contributed by atoms with van der Waals surface area (Å²) in [5, 5.41) is 2.60. The first-order chi connectivity index (χ1) is 11.1. The number of amides is 1. The number of ether oxygens (including phenoxy) is 1. The fraction of sp³-hybridized carbons (Fsp3) is 0.0588. The van der Waals surface area contributed by atoms with E-state index in [9.17, 15) is 4.79 Å². The van der Waals surface area contributed by atoms with Crippen LogP contribution in [0.3, 0.4) is 0 Å². The molecule has 3 rings (SSSR count). The summed E-state index contributed by atoms with van der Waals surface area (Å²) in [6.45, 7) is 0.514. The topological polar surface area (TPSA) is 38.3 Å². The summed E-state index contributed by atoms with van der Waals surface area (Å²) in [5.41, 5.74) is 2.04. The lowest BCUT2D eigenvalue weighted by Gasteiger charge is -2.06. The molecule has 1 heterocycles. The normalized spacial score (nSPS) is 15.8. The predicted molar refractivity (Wildman–Crippen MR) is 101 cm³/mol. The Labute approximate surface area is 152 Å². The van der Waals surface area contributed by atoms with Crippen LogP contribution in [0.5, 0.6) is 5.75 Å². The van der Waals surface area contributed by atoms with Crippen LogP contribution >= 0.6 is 39.9 Å². The van der Waals surface area contributed by atoms with Crippen molar-refractivity contribution < 1.29 is 9.53 Å². The molecule has 0 aromatic heterocycles. The van der Waals surface area contributed by atoms with Gasteiger partial charge in [-0.25, -0.2) is 0 Å². The molecule has 23 heavy (non-hydrogen) atoms. The van der Waals surface area contributed by atoms with Crippen molar-refractivity contribution in [2.24, 2.45) is 0 Å². The molecular formula is C17H12BrNO2S2. The molecule has 1 fully saturated rings. The molecule has 1 amide bonds. The van der Waals surface area contributed by atoms with Crippen LogP contribution in [0.2, 0.25) is 0 Å². The average Bonchev–Trinajstić information content (AvgIpc) is 2.86. The summed E-state index contributed by atoms with van der Waals surface area (Å²) >= 11 is 9.65. The summed E-state index contributed by atoms with van der Waals surface area (Å²) in [4.78, 5) is 12.2. The second-order valence-corrected chi connectivity index (χ2v) is 7.47. The highest BCUT2D eigenvalue weighted by atomic mass is 79.9. The maximum atomic E-state index is 11.6. The van der Waals surface area contributed by atoms with E-state index in [1.165, 1.54) is 11.8 Å². The fourth-order valence-corrected chi connectivity index (χ4v) is 3.29. The Hall–Kier alpha value is -1.63. The van der Waals surface area contributed by atoms with E-state index >= 15 is 0 Å². The van der Waals surface area contributed by atoms with E-state index in [2.05, 4.69) is 21.2 Å². The summed E-state index contributed by atoms with van der Waals surface area (Å²) in [6.07, 6.45) is 1.82. The molecule has 0 bridgehead atoms. The second-order valence-electron chi connectivity index (χ2n) is 4.84. The number of carbonyl (C=O) groups is 1. The average molecular weight is 406 g/mol. The van der Waals surface area contributed by atoms with E-state index in [0.717, 1.165) is 21.3 Å². The van der Waals surface area contributed by atoms with Crippen LogP contribution in [-0.4, -0.2) is 10.2 Å². The van der Waals surface area contributed by atoms with Gasteiger partial charge in [0, 0.05) is 4.47 Å². The van der Waals surface area contributed by atoms with Crippen molar-refractivity contribution in [1.82, 2.24) is 5.32 Å². The van der Waals surface area contributed by atoms with E-state index < -0.39 is 0 Å². The van der Waals surface area contributed by atoms with Crippen molar-refractivity contribution in [1.29, 1.82) is 0 Å². The van der Waals surface area contributed by atoms with Crippen LogP contribution < -0.4 is 10.1 Å². The zero-order chi connectivity index (χ0) is 16.2. The number of carbonyl (C=O) groups excluding carboxylic acids is 1. The lowest BCUT2D eigenvalue weighted by molar-refractivity contribution is -0.115. The van der Waals surface area contributed by atoms with Gasteiger partial charge in [0.15, 0.2) is 0 Å². The third-order valence-electron chi connectivity index (χ3n) is 3.14. The number of thiocarbonyl (C=S) groups is 1. The minimum Gasteiger partial charge on any atom is -0.489 e. The van der Waals surface area contributed by atoms with Crippen LogP contribution in [0.4, 0.5) is 0 Å². The quantitative estimate of drug-likeness (QED) is 0.599. The number of halogens is 1.